The Morgan fingerprint density at radius 2 is 1.86 bits per heavy atom. The monoisotopic (exact) mass is 322 g/mol. The van der Waals surface area contributed by atoms with Crippen molar-refractivity contribution in [3.8, 4) is 5.75 Å². The topological polar surface area (TPSA) is 119 Å². The second kappa shape index (κ2) is 6.46. The number of nitrogens with two attached hydrogens (primary N) is 1. The molecule has 0 saturated carbocycles. The van der Waals surface area contributed by atoms with Crippen LogP contribution in [0.2, 0.25) is 0 Å². The Bertz CT molecular complexity index is 775. The molecule has 2 rings (SSSR count). The number of ether oxygens (including phenoxy) is 1. The minimum absolute atomic E-state index is 0.163. The third-order valence-electron chi connectivity index (χ3n) is 2.68. The van der Waals surface area contributed by atoms with Gasteiger partial charge in [-0.05, 0) is 30.3 Å². The first kappa shape index (κ1) is 15.8. The van der Waals surface area contributed by atoms with Crippen LogP contribution in [0.1, 0.15) is 0 Å². The molecule has 0 aliphatic carbocycles. The normalized spacial score (nSPS) is 11.0. The fraction of sp³-hybridized carbons (Fsp3) is 0.0714. The lowest BCUT2D eigenvalue weighted by Crippen LogP contribution is -2.20. The zero-order valence-electron chi connectivity index (χ0n) is 11.4. The quantitative estimate of drug-likeness (QED) is 0.567. The maximum atomic E-state index is 11.7. The lowest BCUT2D eigenvalue weighted by molar-refractivity contribution is -0.118. The number of nitrogen functional groups attached to an aromatic ring is 1. The van der Waals surface area contributed by atoms with Gasteiger partial charge in [0.05, 0.1) is 5.69 Å². The van der Waals surface area contributed by atoms with E-state index in [9.17, 15) is 13.2 Å². The van der Waals surface area contributed by atoms with Gasteiger partial charge in [0.2, 0.25) is 0 Å². The molecule has 7 nitrogen and oxygen atoms in total. The predicted molar refractivity (Wildman–Crippen MR) is 81.2 cm³/mol. The van der Waals surface area contributed by atoms with Gasteiger partial charge in [0.25, 0.3) is 16.0 Å². The van der Waals surface area contributed by atoms with Crippen molar-refractivity contribution in [3.05, 3.63) is 48.5 Å². The molecule has 4 N–H and O–H groups in total. The van der Waals surface area contributed by atoms with Crippen molar-refractivity contribution in [1.29, 1.82) is 0 Å². The summed E-state index contributed by atoms with van der Waals surface area (Å²) in [5.41, 5.74) is 5.66. The number of carbonyl (C=O) groups excluding carboxylic acids is 1. The van der Waals surface area contributed by atoms with Crippen LogP contribution in [0.4, 0.5) is 11.4 Å². The third kappa shape index (κ3) is 4.21. The molecule has 8 heteroatoms. The Balaban J connectivity index is 1.99. The average molecular weight is 322 g/mol. The molecule has 0 bridgehead atoms. The zero-order valence-corrected chi connectivity index (χ0v) is 12.2. The largest absolute Gasteiger partial charge is 0.484 e. The van der Waals surface area contributed by atoms with Gasteiger partial charge in [-0.25, -0.2) is 0 Å². The summed E-state index contributed by atoms with van der Waals surface area (Å²) >= 11 is 0. The van der Waals surface area contributed by atoms with Crippen molar-refractivity contribution in [1.82, 2.24) is 0 Å². The summed E-state index contributed by atoms with van der Waals surface area (Å²) in [4.78, 5) is 11.3. The molecule has 0 radical (unpaired) electrons. The van der Waals surface area contributed by atoms with Crippen LogP contribution in [0.5, 0.6) is 5.75 Å². The Morgan fingerprint density at radius 1 is 1.18 bits per heavy atom. The van der Waals surface area contributed by atoms with E-state index >= 15 is 0 Å². The second-order valence-corrected chi connectivity index (χ2v) is 5.77. The summed E-state index contributed by atoms with van der Waals surface area (Å²) in [7, 11) is -4.39. The number of hydrogen-bond acceptors (Lipinski definition) is 5. The van der Waals surface area contributed by atoms with Crippen molar-refractivity contribution in [2.24, 2.45) is 0 Å². The standard InChI is InChI=1S/C14H14N2O5S/c15-12-8-10(6-7-13(12)22(18,19)20)16-14(17)9-21-11-4-2-1-3-5-11/h1-8H,9,15H2,(H,16,17)(H,18,19,20). The first-order valence-corrected chi connectivity index (χ1v) is 7.65. The van der Waals surface area contributed by atoms with Gasteiger partial charge in [-0.15, -0.1) is 0 Å². The molecule has 116 valence electrons. The Labute approximate surface area is 127 Å². The Hall–Kier alpha value is -2.58. The van der Waals surface area contributed by atoms with Crippen molar-refractivity contribution >= 4 is 27.4 Å². The Morgan fingerprint density at radius 3 is 2.45 bits per heavy atom. The van der Waals surface area contributed by atoms with Gasteiger partial charge in [-0.1, -0.05) is 18.2 Å². The molecule has 0 aliphatic rings. The van der Waals surface area contributed by atoms with E-state index in [1.807, 2.05) is 6.07 Å². The van der Waals surface area contributed by atoms with E-state index in [0.29, 0.717) is 11.4 Å². The number of anilines is 2. The molecule has 0 spiro atoms. The fourth-order valence-corrected chi connectivity index (χ4v) is 2.32. The van der Waals surface area contributed by atoms with Crippen molar-refractivity contribution < 1.29 is 22.5 Å². The van der Waals surface area contributed by atoms with E-state index in [1.54, 1.807) is 24.3 Å². The first-order chi connectivity index (χ1) is 10.4. The number of carbonyl (C=O) groups is 1. The molecule has 2 aromatic rings. The summed E-state index contributed by atoms with van der Waals surface area (Å²) in [5, 5.41) is 2.51. The van der Waals surface area contributed by atoms with Gasteiger partial charge < -0.3 is 15.8 Å². The van der Waals surface area contributed by atoms with E-state index < -0.39 is 20.9 Å². The van der Waals surface area contributed by atoms with Crippen molar-refractivity contribution in [3.63, 3.8) is 0 Å². The number of benzene rings is 2. The van der Waals surface area contributed by atoms with Crippen LogP contribution in [-0.2, 0) is 14.9 Å². The minimum atomic E-state index is -4.39. The number of amides is 1. The van der Waals surface area contributed by atoms with Crippen LogP contribution in [0.3, 0.4) is 0 Å². The van der Waals surface area contributed by atoms with Gasteiger partial charge in [0.1, 0.15) is 10.6 Å². The SMILES string of the molecule is Nc1cc(NC(=O)COc2ccccc2)ccc1S(=O)(=O)O. The summed E-state index contributed by atoms with van der Waals surface area (Å²) in [6.45, 7) is -0.204. The fourth-order valence-electron chi connectivity index (χ4n) is 1.72. The zero-order chi connectivity index (χ0) is 16.2. The summed E-state index contributed by atoms with van der Waals surface area (Å²) in [6, 6.07) is 12.5. The Kier molecular flexibility index (Phi) is 4.64. The molecular weight excluding hydrogens is 308 g/mol. The highest BCUT2D eigenvalue weighted by Gasteiger charge is 2.14. The highest BCUT2D eigenvalue weighted by molar-refractivity contribution is 7.86. The van der Waals surface area contributed by atoms with Crippen LogP contribution in [0.15, 0.2) is 53.4 Å². The molecule has 0 fully saturated rings. The molecule has 2 aromatic carbocycles. The highest BCUT2D eigenvalue weighted by atomic mass is 32.2. The first-order valence-electron chi connectivity index (χ1n) is 6.21. The highest BCUT2D eigenvalue weighted by Crippen LogP contribution is 2.22. The molecule has 22 heavy (non-hydrogen) atoms. The predicted octanol–water partition coefficient (Wildman–Crippen LogP) is 1.53. The average Bonchev–Trinajstić information content (AvgIpc) is 2.45. The van der Waals surface area contributed by atoms with Gasteiger partial charge in [0.15, 0.2) is 6.61 Å². The molecular formula is C14H14N2O5S. The smallest absolute Gasteiger partial charge is 0.296 e. The molecule has 0 aliphatic heterocycles. The molecule has 0 heterocycles. The molecule has 0 aromatic heterocycles. The summed E-state index contributed by atoms with van der Waals surface area (Å²) < 4.78 is 36.2. The number of para-hydroxylation sites is 1. The third-order valence-corrected chi connectivity index (χ3v) is 3.61. The maximum absolute atomic E-state index is 11.7. The molecule has 0 atom stereocenters. The van der Waals surface area contributed by atoms with E-state index in [-0.39, 0.29) is 12.3 Å². The van der Waals surface area contributed by atoms with Crippen LogP contribution in [0.25, 0.3) is 0 Å². The van der Waals surface area contributed by atoms with Gasteiger partial charge in [-0.2, -0.15) is 8.42 Å². The van der Waals surface area contributed by atoms with E-state index in [0.717, 1.165) is 6.07 Å². The summed E-state index contributed by atoms with van der Waals surface area (Å²) in [5.74, 6) is 0.127. The van der Waals surface area contributed by atoms with Gasteiger partial charge in [0, 0.05) is 5.69 Å². The summed E-state index contributed by atoms with van der Waals surface area (Å²) in [6.07, 6.45) is 0. The number of nitrogens with one attached hydrogen (secondary N) is 1. The molecule has 0 unspecified atom stereocenters. The molecule has 1 amide bonds. The minimum Gasteiger partial charge on any atom is -0.484 e. The van der Waals surface area contributed by atoms with Crippen LogP contribution >= 0.6 is 0 Å². The van der Waals surface area contributed by atoms with E-state index in [4.69, 9.17) is 15.0 Å². The van der Waals surface area contributed by atoms with Gasteiger partial charge in [-0.3, -0.25) is 9.35 Å². The number of rotatable bonds is 5. The lowest BCUT2D eigenvalue weighted by atomic mass is 10.3. The van der Waals surface area contributed by atoms with Gasteiger partial charge >= 0.3 is 0 Å². The van der Waals surface area contributed by atoms with Crippen LogP contribution in [0, 0.1) is 0 Å². The van der Waals surface area contributed by atoms with Crippen LogP contribution in [-0.4, -0.2) is 25.5 Å². The molecule has 0 saturated heterocycles. The van der Waals surface area contributed by atoms with E-state index in [1.165, 1.54) is 12.1 Å². The van der Waals surface area contributed by atoms with Crippen molar-refractivity contribution in [2.75, 3.05) is 17.7 Å². The second-order valence-electron chi connectivity index (χ2n) is 4.38. The number of hydrogen-bond donors (Lipinski definition) is 3. The maximum Gasteiger partial charge on any atom is 0.296 e. The van der Waals surface area contributed by atoms with Crippen molar-refractivity contribution in [2.45, 2.75) is 4.90 Å². The van der Waals surface area contributed by atoms with E-state index in [2.05, 4.69) is 5.32 Å². The lowest BCUT2D eigenvalue weighted by Gasteiger charge is -2.09. The van der Waals surface area contributed by atoms with Crippen LogP contribution < -0.4 is 15.8 Å².